The SMILES string of the molecule is CN(CCNC(=O)CCc1nc(-c2ccco2)no1)c1ccccc1. The van der Waals surface area contributed by atoms with Gasteiger partial charge in [-0.3, -0.25) is 4.79 Å². The van der Waals surface area contributed by atoms with E-state index < -0.39 is 0 Å². The van der Waals surface area contributed by atoms with Crippen molar-refractivity contribution in [1.29, 1.82) is 0 Å². The van der Waals surface area contributed by atoms with Gasteiger partial charge in [-0.1, -0.05) is 23.4 Å². The van der Waals surface area contributed by atoms with Crippen molar-refractivity contribution in [2.45, 2.75) is 12.8 Å². The lowest BCUT2D eigenvalue weighted by Gasteiger charge is -2.19. The van der Waals surface area contributed by atoms with Gasteiger partial charge in [0.2, 0.25) is 17.6 Å². The molecule has 0 aliphatic heterocycles. The molecule has 7 nitrogen and oxygen atoms in total. The maximum atomic E-state index is 11.9. The predicted molar refractivity (Wildman–Crippen MR) is 93.0 cm³/mol. The van der Waals surface area contributed by atoms with Gasteiger partial charge in [-0.15, -0.1) is 0 Å². The molecule has 25 heavy (non-hydrogen) atoms. The molecule has 2 heterocycles. The molecule has 0 aliphatic rings. The Bertz CT molecular complexity index is 784. The van der Waals surface area contributed by atoms with E-state index >= 15 is 0 Å². The van der Waals surface area contributed by atoms with Crippen LogP contribution in [-0.2, 0) is 11.2 Å². The zero-order valence-corrected chi connectivity index (χ0v) is 14.0. The van der Waals surface area contributed by atoms with Crippen LogP contribution in [0.2, 0.25) is 0 Å². The maximum absolute atomic E-state index is 11.9. The van der Waals surface area contributed by atoms with Gasteiger partial charge in [-0.2, -0.15) is 4.98 Å². The second kappa shape index (κ2) is 8.14. The minimum atomic E-state index is -0.0424. The van der Waals surface area contributed by atoms with Crippen LogP contribution < -0.4 is 10.2 Å². The fourth-order valence-corrected chi connectivity index (χ4v) is 2.35. The number of furan rings is 1. The molecule has 3 aromatic rings. The Morgan fingerprint density at radius 1 is 1.20 bits per heavy atom. The second-order valence-electron chi connectivity index (χ2n) is 5.60. The van der Waals surface area contributed by atoms with E-state index in [1.54, 1.807) is 18.4 Å². The number of amides is 1. The minimum Gasteiger partial charge on any atom is -0.461 e. The van der Waals surface area contributed by atoms with Crippen molar-refractivity contribution >= 4 is 11.6 Å². The summed E-state index contributed by atoms with van der Waals surface area (Å²) in [6.07, 6.45) is 2.24. The highest BCUT2D eigenvalue weighted by Gasteiger charge is 2.12. The minimum absolute atomic E-state index is 0.0424. The molecule has 0 fully saturated rings. The number of nitrogens with zero attached hydrogens (tertiary/aromatic N) is 3. The summed E-state index contributed by atoms with van der Waals surface area (Å²) in [6, 6.07) is 13.5. The van der Waals surface area contributed by atoms with Crippen molar-refractivity contribution in [3.8, 4) is 11.6 Å². The van der Waals surface area contributed by atoms with Gasteiger partial charge in [0.05, 0.1) is 6.26 Å². The van der Waals surface area contributed by atoms with Gasteiger partial charge in [0.15, 0.2) is 5.76 Å². The van der Waals surface area contributed by atoms with Crippen LogP contribution in [0.4, 0.5) is 5.69 Å². The summed E-state index contributed by atoms with van der Waals surface area (Å²) in [7, 11) is 2.00. The summed E-state index contributed by atoms with van der Waals surface area (Å²) in [5.41, 5.74) is 1.12. The number of hydrogen-bond donors (Lipinski definition) is 1. The highest BCUT2D eigenvalue weighted by atomic mass is 16.5. The van der Waals surface area contributed by atoms with Crippen LogP contribution in [-0.4, -0.2) is 36.2 Å². The Hall–Kier alpha value is -3.09. The van der Waals surface area contributed by atoms with Crippen LogP contribution in [0.1, 0.15) is 12.3 Å². The molecule has 0 saturated heterocycles. The molecule has 0 atom stereocenters. The van der Waals surface area contributed by atoms with Crippen LogP contribution in [0.5, 0.6) is 0 Å². The summed E-state index contributed by atoms with van der Waals surface area (Å²) < 4.78 is 10.3. The Morgan fingerprint density at radius 2 is 2.04 bits per heavy atom. The van der Waals surface area contributed by atoms with Crippen molar-refractivity contribution in [1.82, 2.24) is 15.5 Å². The molecule has 0 spiro atoms. The molecule has 3 rings (SSSR count). The van der Waals surface area contributed by atoms with Crippen LogP contribution in [0, 0.1) is 0 Å². The quantitative estimate of drug-likeness (QED) is 0.678. The lowest BCUT2D eigenvalue weighted by atomic mass is 10.3. The number of carbonyl (C=O) groups excluding carboxylic acids is 1. The molecular weight excluding hydrogens is 320 g/mol. The van der Waals surface area contributed by atoms with Gasteiger partial charge in [-0.25, -0.2) is 0 Å². The van der Waals surface area contributed by atoms with Gasteiger partial charge < -0.3 is 19.2 Å². The lowest BCUT2D eigenvalue weighted by molar-refractivity contribution is -0.121. The molecular formula is C18H20N4O3. The van der Waals surface area contributed by atoms with Gasteiger partial charge >= 0.3 is 0 Å². The van der Waals surface area contributed by atoms with Crippen LogP contribution >= 0.6 is 0 Å². The van der Waals surface area contributed by atoms with E-state index in [2.05, 4.69) is 20.4 Å². The van der Waals surface area contributed by atoms with E-state index in [-0.39, 0.29) is 5.91 Å². The molecule has 130 valence electrons. The van der Waals surface area contributed by atoms with Crippen molar-refractivity contribution in [2.24, 2.45) is 0 Å². The number of aromatic nitrogens is 2. The highest BCUT2D eigenvalue weighted by Crippen LogP contribution is 2.16. The molecule has 0 aliphatic carbocycles. The van der Waals surface area contributed by atoms with Crippen molar-refractivity contribution < 1.29 is 13.7 Å². The lowest BCUT2D eigenvalue weighted by Crippen LogP contribution is -2.33. The number of para-hydroxylation sites is 1. The first kappa shape index (κ1) is 16.8. The molecule has 0 radical (unpaired) electrons. The summed E-state index contributed by atoms with van der Waals surface area (Å²) in [5, 5.41) is 6.74. The monoisotopic (exact) mass is 340 g/mol. The zero-order chi connectivity index (χ0) is 17.5. The second-order valence-corrected chi connectivity index (χ2v) is 5.60. The number of benzene rings is 1. The molecule has 1 N–H and O–H groups in total. The Morgan fingerprint density at radius 3 is 2.80 bits per heavy atom. The van der Waals surface area contributed by atoms with Gasteiger partial charge in [0.1, 0.15) is 0 Å². The van der Waals surface area contributed by atoms with E-state index in [0.29, 0.717) is 36.9 Å². The predicted octanol–water partition coefficient (Wildman–Crippen LogP) is 2.51. The number of likely N-dealkylation sites (N-methyl/N-ethyl adjacent to an activating group) is 1. The normalized spacial score (nSPS) is 10.6. The van der Waals surface area contributed by atoms with E-state index in [4.69, 9.17) is 8.94 Å². The number of anilines is 1. The van der Waals surface area contributed by atoms with E-state index in [1.807, 2.05) is 37.4 Å². The summed E-state index contributed by atoms with van der Waals surface area (Å²) in [6.45, 7) is 1.31. The Labute approximate surface area is 145 Å². The van der Waals surface area contributed by atoms with Gasteiger partial charge in [0.25, 0.3) is 0 Å². The van der Waals surface area contributed by atoms with E-state index in [1.165, 1.54) is 0 Å². The topological polar surface area (TPSA) is 84.4 Å². The number of hydrogen-bond acceptors (Lipinski definition) is 6. The average Bonchev–Trinajstić information content (AvgIpc) is 3.32. The zero-order valence-electron chi connectivity index (χ0n) is 14.0. The number of nitrogens with one attached hydrogen (secondary N) is 1. The fraction of sp³-hybridized carbons (Fsp3) is 0.278. The Kier molecular flexibility index (Phi) is 5.46. The molecule has 7 heteroatoms. The first-order chi connectivity index (χ1) is 12.2. The molecule has 2 aromatic heterocycles. The summed E-state index contributed by atoms with van der Waals surface area (Å²) >= 11 is 0. The first-order valence-electron chi connectivity index (χ1n) is 8.12. The van der Waals surface area contributed by atoms with E-state index in [0.717, 1.165) is 12.2 Å². The average molecular weight is 340 g/mol. The number of aryl methyl sites for hydroxylation is 1. The molecule has 0 bridgehead atoms. The number of carbonyl (C=O) groups is 1. The maximum Gasteiger partial charge on any atom is 0.238 e. The van der Waals surface area contributed by atoms with Crippen molar-refractivity contribution in [3.63, 3.8) is 0 Å². The molecule has 0 unspecified atom stereocenters. The first-order valence-corrected chi connectivity index (χ1v) is 8.12. The summed E-state index contributed by atoms with van der Waals surface area (Å²) in [4.78, 5) is 18.2. The van der Waals surface area contributed by atoms with Crippen molar-refractivity contribution in [3.05, 3.63) is 54.6 Å². The smallest absolute Gasteiger partial charge is 0.238 e. The third-order valence-corrected chi connectivity index (χ3v) is 3.74. The van der Waals surface area contributed by atoms with Gasteiger partial charge in [-0.05, 0) is 24.3 Å². The summed E-state index contributed by atoms with van der Waals surface area (Å²) in [5.74, 6) is 1.32. The standard InChI is InChI=1S/C18H20N4O3/c1-22(14-6-3-2-4-7-14)12-11-19-16(23)9-10-17-20-18(21-25-17)15-8-5-13-24-15/h2-8,13H,9-12H2,1H3,(H,19,23). The fourth-order valence-electron chi connectivity index (χ4n) is 2.35. The van der Waals surface area contributed by atoms with E-state index in [9.17, 15) is 4.79 Å². The van der Waals surface area contributed by atoms with Crippen LogP contribution in [0.3, 0.4) is 0 Å². The van der Waals surface area contributed by atoms with Crippen LogP contribution in [0.25, 0.3) is 11.6 Å². The molecule has 1 amide bonds. The molecule has 1 aromatic carbocycles. The van der Waals surface area contributed by atoms with Crippen molar-refractivity contribution in [2.75, 3.05) is 25.0 Å². The van der Waals surface area contributed by atoms with Gasteiger partial charge in [0, 0.05) is 38.7 Å². The third kappa shape index (κ3) is 4.69. The molecule has 0 saturated carbocycles. The Balaban J connectivity index is 1.38. The highest BCUT2D eigenvalue weighted by molar-refractivity contribution is 5.76. The largest absolute Gasteiger partial charge is 0.461 e. The third-order valence-electron chi connectivity index (χ3n) is 3.74. The number of rotatable bonds is 8. The van der Waals surface area contributed by atoms with Crippen LogP contribution in [0.15, 0.2) is 57.7 Å².